The van der Waals surface area contributed by atoms with E-state index in [2.05, 4.69) is 52.8 Å². The second-order valence-corrected chi connectivity index (χ2v) is 8.71. The Labute approximate surface area is 212 Å². The molecule has 1 atom stereocenters. The molecular weight excluding hydrogens is 535 g/mol. The summed E-state index contributed by atoms with van der Waals surface area (Å²) in [6, 6.07) is 16.9. The minimum Gasteiger partial charge on any atom is -0.508 e. The lowest BCUT2D eigenvalue weighted by molar-refractivity contribution is 0.0953. The third-order valence-electron chi connectivity index (χ3n) is 5.14. The van der Waals surface area contributed by atoms with Crippen molar-refractivity contribution in [2.75, 3.05) is 38.5 Å². The van der Waals surface area contributed by atoms with Crippen molar-refractivity contribution in [3.63, 3.8) is 0 Å². The number of hydrogen-bond donors (Lipinski definition) is 3. The van der Waals surface area contributed by atoms with Crippen LogP contribution in [0.5, 0.6) is 5.75 Å². The molecule has 3 N–H and O–H groups in total. The van der Waals surface area contributed by atoms with Crippen LogP contribution in [0, 0.1) is 5.92 Å². The first-order valence-electron chi connectivity index (χ1n) is 10.9. The number of aromatic hydroxyl groups is 1. The lowest BCUT2D eigenvalue weighted by atomic mass is 10.2. The summed E-state index contributed by atoms with van der Waals surface area (Å²) >= 11 is 1.93. The second-order valence-electron chi connectivity index (χ2n) is 7.62. The largest absolute Gasteiger partial charge is 0.508 e. The summed E-state index contributed by atoms with van der Waals surface area (Å²) in [4.78, 5) is 20.6. The average molecular weight is 569 g/mol. The molecule has 2 aromatic carbocycles. The van der Waals surface area contributed by atoms with Gasteiger partial charge in [-0.3, -0.25) is 9.79 Å². The number of nitrogens with one attached hydrogen (secondary N) is 2. The molecule has 0 radical (unpaired) electrons. The normalized spacial score (nSPS) is 15.8. The van der Waals surface area contributed by atoms with Crippen molar-refractivity contribution in [1.29, 1.82) is 0 Å². The fraction of sp³-hybridized carbons (Fsp3) is 0.417. The topological polar surface area (TPSA) is 77.0 Å². The van der Waals surface area contributed by atoms with Crippen molar-refractivity contribution in [2.24, 2.45) is 10.9 Å². The minimum atomic E-state index is -0.176. The standard InChI is InChI=1S/C24H32N4O2S.HI/c1-2-25-24(27-14-7-13-26-23(30)20-8-6-9-21(29)16-20)28-15-12-19(17-28)18-31-22-10-4-3-5-11-22;/h3-6,8-11,16,19,29H,2,7,12-15,17-18H2,1H3,(H,25,27)(H,26,30);1H. The SMILES string of the molecule is CCNC(=NCCCNC(=O)c1cccc(O)c1)N1CCC(CSc2ccccc2)C1.I. The summed E-state index contributed by atoms with van der Waals surface area (Å²) in [5.41, 5.74) is 0.466. The summed E-state index contributed by atoms with van der Waals surface area (Å²) in [5, 5.41) is 15.8. The molecule has 8 heteroatoms. The van der Waals surface area contributed by atoms with Gasteiger partial charge in [0.05, 0.1) is 0 Å². The van der Waals surface area contributed by atoms with Crippen LogP contribution in [-0.2, 0) is 0 Å². The number of hydrogen-bond acceptors (Lipinski definition) is 4. The zero-order valence-corrected chi connectivity index (χ0v) is 21.6. The van der Waals surface area contributed by atoms with E-state index in [0.29, 0.717) is 24.6 Å². The maximum atomic E-state index is 12.1. The van der Waals surface area contributed by atoms with Gasteiger partial charge < -0.3 is 20.6 Å². The molecule has 1 unspecified atom stereocenters. The van der Waals surface area contributed by atoms with Gasteiger partial charge in [-0.15, -0.1) is 35.7 Å². The molecule has 0 saturated carbocycles. The van der Waals surface area contributed by atoms with E-state index >= 15 is 0 Å². The van der Waals surface area contributed by atoms with Crippen LogP contribution in [0.15, 0.2) is 64.5 Å². The smallest absolute Gasteiger partial charge is 0.251 e. The second kappa shape index (κ2) is 14.3. The van der Waals surface area contributed by atoms with E-state index in [4.69, 9.17) is 4.99 Å². The van der Waals surface area contributed by atoms with Crippen LogP contribution < -0.4 is 10.6 Å². The molecule has 3 rings (SSSR count). The van der Waals surface area contributed by atoms with E-state index in [0.717, 1.165) is 37.8 Å². The number of thioether (sulfide) groups is 1. The molecule has 1 fully saturated rings. The Bertz CT molecular complexity index is 866. The molecule has 1 aliphatic rings. The lowest BCUT2D eigenvalue weighted by Gasteiger charge is -2.21. The molecule has 174 valence electrons. The van der Waals surface area contributed by atoms with E-state index < -0.39 is 0 Å². The van der Waals surface area contributed by atoms with Crippen LogP contribution in [0.2, 0.25) is 0 Å². The van der Waals surface area contributed by atoms with Crippen molar-refractivity contribution >= 4 is 47.6 Å². The van der Waals surface area contributed by atoms with Crippen LogP contribution in [-0.4, -0.2) is 60.3 Å². The zero-order valence-electron chi connectivity index (χ0n) is 18.5. The molecule has 1 saturated heterocycles. The van der Waals surface area contributed by atoms with Crippen LogP contribution >= 0.6 is 35.7 Å². The van der Waals surface area contributed by atoms with E-state index in [9.17, 15) is 9.90 Å². The summed E-state index contributed by atoms with van der Waals surface area (Å²) in [6.07, 6.45) is 1.95. The Hall–Kier alpha value is -1.94. The summed E-state index contributed by atoms with van der Waals surface area (Å²) in [6.45, 7) is 6.19. The monoisotopic (exact) mass is 568 g/mol. The van der Waals surface area contributed by atoms with Gasteiger partial charge in [0.1, 0.15) is 5.75 Å². The highest BCUT2D eigenvalue weighted by Crippen LogP contribution is 2.25. The maximum Gasteiger partial charge on any atom is 0.251 e. The highest BCUT2D eigenvalue weighted by atomic mass is 127. The third kappa shape index (κ3) is 8.54. The average Bonchev–Trinajstić information content (AvgIpc) is 3.26. The minimum absolute atomic E-state index is 0. The van der Waals surface area contributed by atoms with Gasteiger partial charge >= 0.3 is 0 Å². The molecule has 1 heterocycles. The van der Waals surface area contributed by atoms with Crippen molar-refractivity contribution < 1.29 is 9.90 Å². The van der Waals surface area contributed by atoms with Gasteiger partial charge in [-0.1, -0.05) is 24.3 Å². The Morgan fingerprint density at radius 1 is 1.19 bits per heavy atom. The number of benzene rings is 2. The number of carbonyl (C=O) groups excluding carboxylic acids is 1. The summed E-state index contributed by atoms with van der Waals surface area (Å²) in [5.74, 6) is 2.68. The highest BCUT2D eigenvalue weighted by Gasteiger charge is 2.24. The molecular formula is C24H33IN4O2S. The maximum absolute atomic E-state index is 12.1. The Morgan fingerprint density at radius 2 is 2.00 bits per heavy atom. The first-order valence-corrected chi connectivity index (χ1v) is 11.9. The van der Waals surface area contributed by atoms with Crippen molar-refractivity contribution in [2.45, 2.75) is 24.7 Å². The van der Waals surface area contributed by atoms with E-state index in [-0.39, 0.29) is 35.6 Å². The Balaban J connectivity index is 0.00000363. The number of phenols is 1. The number of aliphatic imine (C=N–C) groups is 1. The molecule has 0 aliphatic carbocycles. The van der Waals surface area contributed by atoms with Crippen LogP contribution in [0.25, 0.3) is 0 Å². The molecule has 0 aromatic heterocycles. The molecule has 0 spiro atoms. The summed E-state index contributed by atoms with van der Waals surface area (Å²) < 4.78 is 0. The first-order chi connectivity index (χ1) is 15.2. The van der Waals surface area contributed by atoms with Gasteiger partial charge in [0.15, 0.2) is 5.96 Å². The molecule has 1 aliphatic heterocycles. The Kier molecular flexibility index (Phi) is 11.7. The highest BCUT2D eigenvalue weighted by molar-refractivity contribution is 14.0. The number of nitrogens with zero attached hydrogens (tertiary/aromatic N) is 2. The van der Waals surface area contributed by atoms with Crippen molar-refractivity contribution in [1.82, 2.24) is 15.5 Å². The number of rotatable bonds is 9. The van der Waals surface area contributed by atoms with Gasteiger partial charge in [0.2, 0.25) is 0 Å². The molecule has 1 amide bonds. The van der Waals surface area contributed by atoms with E-state index in [1.54, 1.807) is 18.2 Å². The van der Waals surface area contributed by atoms with Gasteiger partial charge in [-0.2, -0.15) is 0 Å². The Morgan fingerprint density at radius 3 is 2.75 bits per heavy atom. The van der Waals surface area contributed by atoms with Gasteiger partial charge in [0, 0.05) is 48.9 Å². The molecule has 6 nitrogen and oxygen atoms in total. The first kappa shape index (κ1) is 26.3. The predicted molar refractivity (Wildman–Crippen MR) is 143 cm³/mol. The van der Waals surface area contributed by atoms with Crippen LogP contribution in [0.4, 0.5) is 0 Å². The number of guanidine groups is 1. The molecule has 0 bridgehead atoms. The molecule has 2 aromatic rings. The third-order valence-corrected chi connectivity index (χ3v) is 6.38. The number of amides is 1. The fourth-order valence-corrected chi connectivity index (χ4v) is 4.58. The fourth-order valence-electron chi connectivity index (χ4n) is 3.53. The van der Waals surface area contributed by atoms with Crippen molar-refractivity contribution in [3.05, 3.63) is 60.2 Å². The van der Waals surface area contributed by atoms with E-state index in [1.807, 2.05) is 11.8 Å². The number of phenolic OH excluding ortho intramolecular Hbond substituents is 1. The number of likely N-dealkylation sites (tertiary alicyclic amines) is 1. The van der Waals surface area contributed by atoms with E-state index in [1.165, 1.54) is 17.4 Å². The van der Waals surface area contributed by atoms with Crippen LogP contribution in [0.1, 0.15) is 30.1 Å². The lowest BCUT2D eigenvalue weighted by Crippen LogP contribution is -2.40. The van der Waals surface area contributed by atoms with Gasteiger partial charge in [0.25, 0.3) is 5.91 Å². The number of carbonyl (C=O) groups is 1. The van der Waals surface area contributed by atoms with Gasteiger partial charge in [-0.05, 0) is 56.0 Å². The number of halogens is 1. The van der Waals surface area contributed by atoms with Gasteiger partial charge in [-0.25, -0.2) is 0 Å². The quantitative estimate of drug-likeness (QED) is 0.139. The predicted octanol–water partition coefficient (Wildman–Crippen LogP) is 4.21. The summed E-state index contributed by atoms with van der Waals surface area (Å²) in [7, 11) is 0. The molecule has 32 heavy (non-hydrogen) atoms. The zero-order chi connectivity index (χ0) is 21.9. The van der Waals surface area contributed by atoms with Crippen molar-refractivity contribution in [3.8, 4) is 5.75 Å². The van der Waals surface area contributed by atoms with Crippen LogP contribution in [0.3, 0.4) is 0 Å².